The molecule has 0 saturated carbocycles. The lowest BCUT2D eigenvalue weighted by Crippen LogP contribution is -2.48. The van der Waals surface area contributed by atoms with Crippen LogP contribution in [0.15, 0.2) is 48.5 Å². The fraction of sp³-hybridized carbons (Fsp3) is 0.316. The van der Waals surface area contributed by atoms with E-state index in [1.165, 1.54) is 18.1 Å². The lowest BCUT2D eigenvalue weighted by atomic mass is 10.2. The van der Waals surface area contributed by atoms with Crippen LogP contribution in [0.2, 0.25) is 5.02 Å². The van der Waals surface area contributed by atoms with E-state index >= 15 is 0 Å². The summed E-state index contributed by atoms with van der Waals surface area (Å²) in [5.74, 6) is -0.0264. The van der Waals surface area contributed by atoms with E-state index in [0.717, 1.165) is 16.1 Å². The molecule has 2 rings (SSSR count). The molecule has 0 unspecified atom stereocenters. The van der Waals surface area contributed by atoms with E-state index in [1.807, 2.05) is 30.3 Å². The molecule has 0 heterocycles. The predicted molar refractivity (Wildman–Crippen MR) is 108 cm³/mol. The van der Waals surface area contributed by atoms with Gasteiger partial charge in [0, 0.05) is 18.6 Å². The lowest BCUT2D eigenvalue weighted by molar-refractivity contribution is -0.131. The van der Waals surface area contributed by atoms with Gasteiger partial charge in [0.2, 0.25) is 15.9 Å². The number of nitrogens with zero attached hydrogens (tertiary/aromatic N) is 2. The van der Waals surface area contributed by atoms with Crippen molar-refractivity contribution in [3.05, 3.63) is 59.1 Å². The largest absolute Gasteiger partial charge is 0.495 e. The maximum atomic E-state index is 12.9. The van der Waals surface area contributed by atoms with Crippen LogP contribution in [0.4, 0.5) is 5.69 Å². The van der Waals surface area contributed by atoms with Gasteiger partial charge in [0.15, 0.2) is 0 Å². The Morgan fingerprint density at radius 1 is 1.19 bits per heavy atom. The van der Waals surface area contributed by atoms with Crippen LogP contribution in [-0.2, 0) is 21.4 Å². The summed E-state index contributed by atoms with van der Waals surface area (Å²) in [5, 5.41) is 0.344. The number of sulfonamides is 1. The number of halogens is 1. The van der Waals surface area contributed by atoms with Crippen molar-refractivity contribution in [1.82, 2.24) is 4.90 Å². The molecule has 2 aromatic carbocycles. The molecule has 0 fully saturated rings. The average molecular weight is 411 g/mol. The third-order valence-corrected chi connectivity index (χ3v) is 5.55. The number of rotatable bonds is 7. The SMILES string of the molecule is COc1ccc(Cl)cc1N([C@H](C)C(=O)N(C)Cc1ccccc1)S(C)(=O)=O. The van der Waals surface area contributed by atoms with Crippen molar-refractivity contribution < 1.29 is 17.9 Å². The standard InChI is InChI=1S/C19H23ClN2O4S/c1-14(19(23)21(2)13-15-8-6-5-7-9-15)22(27(4,24)25)17-12-16(20)10-11-18(17)26-3/h5-12,14H,13H2,1-4H3/t14-/m1/s1. The van der Waals surface area contributed by atoms with Crippen LogP contribution in [0.5, 0.6) is 5.75 Å². The van der Waals surface area contributed by atoms with Crippen LogP contribution in [0.1, 0.15) is 12.5 Å². The Bertz CT molecular complexity index is 903. The highest BCUT2D eigenvalue weighted by atomic mass is 35.5. The molecule has 0 spiro atoms. The topological polar surface area (TPSA) is 66.9 Å². The first-order valence-corrected chi connectivity index (χ1v) is 10.5. The molecule has 0 radical (unpaired) electrons. The summed E-state index contributed by atoms with van der Waals surface area (Å²) in [7, 11) is -0.699. The minimum Gasteiger partial charge on any atom is -0.495 e. The molecule has 0 bridgehead atoms. The fourth-order valence-electron chi connectivity index (χ4n) is 2.86. The Hall–Kier alpha value is -2.25. The molecule has 146 valence electrons. The number of amides is 1. The van der Waals surface area contributed by atoms with Gasteiger partial charge < -0.3 is 9.64 Å². The number of carbonyl (C=O) groups is 1. The van der Waals surface area contributed by atoms with Gasteiger partial charge in [0.1, 0.15) is 11.8 Å². The van der Waals surface area contributed by atoms with Crippen molar-refractivity contribution in [2.75, 3.05) is 24.7 Å². The molecule has 0 aliphatic carbocycles. The maximum Gasteiger partial charge on any atom is 0.246 e. The quantitative estimate of drug-likeness (QED) is 0.703. The van der Waals surface area contributed by atoms with Gasteiger partial charge in [-0.2, -0.15) is 0 Å². The van der Waals surface area contributed by atoms with Crippen LogP contribution in [0.25, 0.3) is 0 Å². The average Bonchev–Trinajstić information content (AvgIpc) is 2.61. The van der Waals surface area contributed by atoms with E-state index in [2.05, 4.69) is 0 Å². The summed E-state index contributed by atoms with van der Waals surface area (Å²) in [4.78, 5) is 14.4. The second-order valence-corrected chi connectivity index (χ2v) is 8.53. The molecular formula is C19H23ClN2O4S. The Labute approximate surface area is 165 Å². The van der Waals surface area contributed by atoms with Crippen molar-refractivity contribution >= 4 is 33.2 Å². The van der Waals surface area contributed by atoms with Crippen LogP contribution < -0.4 is 9.04 Å². The van der Waals surface area contributed by atoms with Crippen LogP contribution in [-0.4, -0.2) is 45.7 Å². The van der Waals surface area contributed by atoms with Gasteiger partial charge in [-0.1, -0.05) is 41.9 Å². The fourth-order valence-corrected chi connectivity index (χ4v) is 4.20. The van der Waals surface area contributed by atoms with E-state index in [9.17, 15) is 13.2 Å². The van der Waals surface area contributed by atoms with E-state index in [-0.39, 0.29) is 11.6 Å². The Morgan fingerprint density at radius 2 is 1.81 bits per heavy atom. The molecule has 1 atom stereocenters. The summed E-state index contributed by atoms with van der Waals surface area (Å²) in [6.45, 7) is 1.92. The molecular weight excluding hydrogens is 388 g/mol. The molecule has 0 saturated heterocycles. The van der Waals surface area contributed by atoms with Gasteiger partial charge in [-0.05, 0) is 30.7 Å². The smallest absolute Gasteiger partial charge is 0.246 e. The van der Waals surface area contributed by atoms with Gasteiger partial charge in [-0.15, -0.1) is 0 Å². The zero-order valence-corrected chi connectivity index (χ0v) is 17.3. The third-order valence-electron chi connectivity index (χ3n) is 4.08. The Balaban J connectivity index is 2.37. The summed E-state index contributed by atoms with van der Waals surface area (Å²) >= 11 is 6.05. The first kappa shape index (κ1) is 21.1. The van der Waals surface area contributed by atoms with Crippen LogP contribution >= 0.6 is 11.6 Å². The van der Waals surface area contributed by atoms with Gasteiger partial charge >= 0.3 is 0 Å². The first-order valence-electron chi connectivity index (χ1n) is 8.27. The summed E-state index contributed by atoms with van der Waals surface area (Å²) in [6, 6.07) is 13.1. The van der Waals surface area contributed by atoms with Crippen LogP contribution in [0.3, 0.4) is 0 Å². The van der Waals surface area contributed by atoms with Gasteiger partial charge in [-0.25, -0.2) is 8.42 Å². The number of methoxy groups -OCH3 is 1. The predicted octanol–water partition coefficient (Wildman–Crippen LogP) is 3.16. The zero-order valence-electron chi connectivity index (χ0n) is 15.7. The number of carbonyl (C=O) groups excluding carboxylic acids is 1. The summed E-state index contributed by atoms with van der Waals surface area (Å²) < 4.78 is 31.3. The second kappa shape index (κ2) is 8.63. The highest BCUT2D eigenvalue weighted by molar-refractivity contribution is 7.92. The number of benzene rings is 2. The van der Waals surface area contributed by atoms with E-state index in [1.54, 1.807) is 26.1 Å². The monoisotopic (exact) mass is 410 g/mol. The van der Waals surface area contributed by atoms with Gasteiger partial charge in [0.05, 0.1) is 19.1 Å². The molecule has 27 heavy (non-hydrogen) atoms. The minimum atomic E-state index is -3.77. The molecule has 0 aliphatic rings. The second-order valence-electron chi connectivity index (χ2n) is 6.23. The lowest BCUT2D eigenvalue weighted by Gasteiger charge is -2.32. The molecule has 1 amide bonds. The Morgan fingerprint density at radius 3 is 2.37 bits per heavy atom. The van der Waals surface area contributed by atoms with Crippen molar-refractivity contribution in [3.8, 4) is 5.75 Å². The maximum absolute atomic E-state index is 12.9. The number of ether oxygens (including phenoxy) is 1. The molecule has 0 aliphatic heterocycles. The highest BCUT2D eigenvalue weighted by Crippen LogP contribution is 2.34. The minimum absolute atomic E-state index is 0.224. The van der Waals surface area contributed by atoms with Crippen LogP contribution in [0, 0.1) is 0 Å². The number of likely N-dealkylation sites (N-methyl/N-ethyl adjacent to an activating group) is 1. The highest BCUT2D eigenvalue weighted by Gasteiger charge is 2.33. The summed E-state index contributed by atoms with van der Waals surface area (Å²) in [5.41, 5.74) is 1.17. The normalized spacial score (nSPS) is 12.3. The molecule has 0 N–H and O–H groups in total. The summed E-state index contributed by atoms with van der Waals surface area (Å²) in [6.07, 6.45) is 1.05. The molecule has 8 heteroatoms. The van der Waals surface area contributed by atoms with Crippen molar-refractivity contribution in [2.24, 2.45) is 0 Å². The molecule has 0 aromatic heterocycles. The third kappa shape index (κ3) is 5.14. The zero-order chi connectivity index (χ0) is 20.2. The molecule has 2 aromatic rings. The van der Waals surface area contributed by atoms with E-state index in [0.29, 0.717) is 17.3 Å². The molecule has 6 nitrogen and oxygen atoms in total. The van der Waals surface area contributed by atoms with Gasteiger partial charge in [-0.3, -0.25) is 9.10 Å². The number of anilines is 1. The van der Waals surface area contributed by atoms with E-state index < -0.39 is 16.1 Å². The van der Waals surface area contributed by atoms with Crippen molar-refractivity contribution in [3.63, 3.8) is 0 Å². The number of hydrogen-bond donors (Lipinski definition) is 0. The Kier molecular flexibility index (Phi) is 6.73. The van der Waals surface area contributed by atoms with Crippen molar-refractivity contribution in [2.45, 2.75) is 19.5 Å². The van der Waals surface area contributed by atoms with Crippen molar-refractivity contribution in [1.29, 1.82) is 0 Å². The van der Waals surface area contributed by atoms with Gasteiger partial charge in [0.25, 0.3) is 0 Å². The number of hydrogen-bond acceptors (Lipinski definition) is 4. The first-order chi connectivity index (χ1) is 12.6. The van der Waals surface area contributed by atoms with E-state index in [4.69, 9.17) is 16.3 Å².